The lowest BCUT2D eigenvalue weighted by atomic mass is 9.97. The Morgan fingerprint density at radius 1 is 1.25 bits per heavy atom. The fraction of sp³-hybridized carbons (Fsp3) is 0.133. The zero-order valence-electron chi connectivity index (χ0n) is 10.5. The molecule has 0 saturated heterocycles. The molecule has 3 nitrogen and oxygen atoms in total. The van der Waals surface area contributed by atoms with Crippen LogP contribution in [0.1, 0.15) is 22.7 Å². The Balaban J connectivity index is 1.97. The summed E-state index contributed by atoms with van der Waals surface area (Å²) in [4.78, 5) is 11.3. The third-order valence-corrected chi connectivity index (χ3v) is 3.65. The van der Waals surface area contributed by atoms with E-state index in [-0.39, 0.29) is 5.91 Å². The summed E-state index contributed by atoms with van der Waals surface area (Å²) in [5, 5.41) is 3.09. The number of halogens is 2. The second kappa shape index (κ2) is 4.89. The highest BCUT2D eigenvalue weighted by Gasteiger charge is 2.20. The standard InChI is InChI=1S/C15H12ClFN2O/c16-10-2-3-11(12(17)7-10)15(18)8-1-4-13-9(5-8)6-14(20)19-13/h1-5,7,15H,6,18H2,(H,19,20). The fourth-order valence-electron chi connectivity index (χ4n) is 2.38. The van der Waals surface area contributed by atoms with Crippen LogP contribution in [-0.2, 0) is 11.2 Å². The molecule has 102 valence electrons. The molecule has 0 bridgehead atoms. The Kier molecular flexibility index (Phi) is 3.20. The molecule has 1 aliphatic rings. The van der Waals surface area contributed by atoms with Gasteiger partial charge in [-0.2, -0.15) is 0 Å². The van der Waals surface area contributed by atoms with Crippen molar-refractivity contribution in [3.05, 3.63) is 63.9 Å². The van der Waals surface area contributed by atoms with Crippen LogP contribution in [0.5, 0.6) is 0 Å². The number of amides is 1. The quantitative estimate of drug-likeness (QED) is 0.893. The van der Waals surface area contributed by atoms with Gasteiger partial charge in [0.2, 0.25) is 5.91 Å². The summed E-state index contributed by atoms with van der Waals surface area (Å²) < 4.78 is 13.9. The molecule has 1 unspecified atom stereocenters. The molecule has 0 spiro atoms. The van der Waals surface area contributed by atoms with Crippen LogP contribution in [0.4, 0.5) is 10.1 Å². The Bertz CT molecular complexity index is 702. The van der Waals surface area contributed by atoms with Crippen LogP contribution in [0.3, 0.4) is 0 Å². The van der Waals surface area contributed by atoms with Gasteiger partial charge in [0, 0.05) is 16.3 Å². The summed E-state index contributed by atoms with van der Waals surface area (Å²) in [5.74, 6) is -0.469. The highest BCUT2D eigenvalue weighted by Crippen LogP contribution is 2.29. The van der Waals surface area contributed by atoms with Gasteiger partial charge in [-0.15, -0.1) is 0 Å². The van der Waals surface area contributed by atoms with Crippen molar-refractivity contribution in [2.75, 3.05) is 5.32 Å². The highest BCUT2D eigenvalue weighted by molar-refractivity contribution is 6.30. The first-order valence-electron chi connectivity index (χ1n) is 6.18. The minimum absolute atomic E-state index is 0.0385. The summed E-state index contributed by atoms with van der Waals surface area (Å²) in [7, 11) is 0. The van der Waals surface area contributed by atoms with Crippen molar-refractivity contribution in [3.8, 4) is 0 Å². The van der Waals surface area contributed by atoms with Crippen molar-refractivity contribution >= 4 is 23.2 Å². The van der Waals surface area contributed by atoms with Crippen LogP contribution in [0.2, 0.25) is 5.02 Å². The first-order chi connectivity index (χ1) is 9.54. The average Bonchev–Trinajstić information content (AvgIpc) is 2.77. The zero-order chi connectivity index (χ0) is 14.3. The average molecular weight is 291 g/mol. The van der Waals surface area contributed by atoms with Gasteiger partial charge < -0.3 is 11.1 Å². The number of carbonyl (C=O) groups excluding carboxylic acids is 1. The highest BCUT2D eigenvalue weighted by atomic mass is 35.5. The molecule has 20 heavy (non-hydrogen) atoms. The zero-order valence-corrected chi connectivity index (χ0v) is 11.2. The maximum absolute atomic E-state index is 13.9. The lowest BCUT2D eigenvalue weighted by molar-refractivity contribution is -0.115. The van der Waals surface area contributed by atoms with Crippen LogP contribution in [0.25, 0.3) is 0 Å². The Hall–Kier alpha value is -1.91. The molecule has 0 fully saturated rings. The van der Waals surface area contributed by atoms with Gasteiger partial charge in [0.25, 0.3) is 0 Å². The van der Waals surface area contributed by atoms with Gasteiger partial charge in [-0.05, 0) is 29.3 Å². The molecule has 3 rings (SSSR count). The van der Waals surface area contributed by atoms with Crippen molar-refractivity contribution in [2.45, 2.75) is 12.5 Å². The van der Waals surface area contributed by atoms with Gasteiger partial charge in [-0.25, -0.2) is 4.39 Å². The van der Waals surface area contributed by atoms with Gasteiger partial charge in [0.1, 0.15) is 5.82 Å². The van der Waals surface area contributed by atoms with E-state index in [4.69, 9.17) is 17.3 Å². The fourth-order valence-corrected chi connectivity index (χ4v) is 2.53. The van der Waals surface area contributed by atoms with Crippen molar-refractivity contribution in [1.82, 2.24) is 0 Å². The predicted molar refractivity (Wildman–Crippen MR) is 76.2 cm³/mol. The van der Waals surface area contributed by atoms with Crippen molar-refractivity contribution < 1.29 is 9.18 Å². The largest absolute Gasteiger partial charge is 0.326 e. The molecule has 1 atom stereocenters. The summed E-state index contributed by atoms with van der Waals surface area (Å²) in [6.45, 7) is 0. The van der Waals surface area contributed by atoms with E-state index in [1.54, 1.807) is 24.3 Å². The Morgan fingerprint density at radius 2 is 2.05 bits per heavy atom. The number of nitrogens with two attached hydrogens (primary N) is 1. The lowest BCUT2D eigenvalue weighted by Crippen LogP contribution is -2.13. The minimum Gasteiger partial charge on any atom is -0.326 e. The predicted octanol–water partition coefficient (Wildman–Crippen LogP) is 3.02. The SMILES string of the molecule is NC(c1ccc2c(c1)CC(=O)N2)c1ccc(Cl)cc1F. The minimum atomic E-state index is -0.590. The van der Waals surface area contributed by atoms with E-state index in [0.717, 1.165) is 16.8 Å². The summed E-state index contributed by atoms with van der Waals surface area (Å²) in [6.07, 6.45) is 0.332. The third-order valence-electron chi connectivity index (χ3n) is 3.41. The molecule has 0 saturated carbocycles. The summed E-state index contributed by atoms with van der Waals surface area (Å²) in [5.41, 5.74) is 8.93. The van der Waals surface area contributed by atoms with Crippen LogP contribution < -0.4 is 11.1 Å². The van der Waals surface area contributed by atoms with Crippen LogP contribution in [-0.4, -0.2) is 5.91 Å². The molecule has 1 aliphatic heterocycles. The Morgan fingerprint density at radius 3 is 2.80 bits per heavy atom. The normalized spacial score (nSPS) is 14.8. The van der Waals surface area contributed by atoms with Crippen molar-refractivity contribution in [3.63, 3.8) is 0 Å². The maximum atomic E-state index is 13.9. The van der Waals surface area contributed by atoms with Gasteiger partial charge in [-0.1, -0.05) is 29.8 Å². The number of nitrogens with one attached hydrogen (secondary N) is 1. The second-order valence-electron chi connectivity index (χ2n) is 4.79. The van der Waals surface area contributed by atoms with Crippen LogP contribution >= 0.6 is 11.6 Å². The first-order valence-corrected chi connectivity index (χ1v) is 6.55. The number of benzene rings is 2. The first kappa shape index (κ1) is 13.1. The number of rotatable bonds is 2. The topological polar surface area (TPSA) is 55.1 Å². The monoisotopic (exact) mass is 290 g/mol. The molecule has 0 aliphatic carbocycles. The lowest BCUT2D eigenvalue weighted by Gasteiger charge is -2.14. The second-order valence-corrected chi connectivity index (χ2v) is 5.22. The molecule has 0 aromatic heterocycles. The van der Waals surface area contributed by atoms with Crippen LogP contribution in [0.15, 0.2) is 36.4 Å². The van der Waals surface area contributed by atoms with Gasteiger partial charge >= 0.3 is 0 Å². The van der Waals surface area contributed by atoms with E-state index >= 15 is 0 Å². The van der Waals surface area contributed by atoms with Gasteiger partial charge in [0.05, 0.1) is 12.5 Å². The number of fused-ring (bicyclic) bond motifs is 1. The van der Waals surface area contributed by atoms with Gasteiger partial charge in [-0.3, -0.25) is 4.79 Å². The smallest absolute Gasteiger partial charge is 0.228 e. The number of hydrogen-bond acceptors (Lipinski definition) is 2. The van der Waals surface area contributed by atoms with Crippen molar-refractivity contribution in [2.24, 2.45) is 5.73 Å². The number of anilines is 1. The molecule has 2 aromatic rings. The van der Waals surface area contributed by atoms with E-state index < -0.39 is 11.9 Å². The van der Waals surface area contributed by atoms with E-state index in [1.807, 2.05) is 6.07 Å². The summed E-state index contributed by atoms with van der Waals surface area (Å²) >= 11 is 5.73. The maximum Gasteiger partial charge on any atom is 0.228 e. The molecule has 3 N–H and O–H groups in total. The Labute approximate surface area is 120 Å². The van der Waals surface area contributed by atoms with E-state index in [9.17, 15) is 9.18 Å². The number of hydrogen-bond donors (Lipinski definition) is 2. The van der Waals surface area contributed by atoms with E-state index in [2.05, 4.69) is 5.32 Å². The molecule has 1 amide bonds. The molecule has 5 heteroatoms. The van der Waals surface area contributed by atoms with Crippen LogP contribution in [0, 0.1) is 5.82 Å². The van der Waals surface area contributed by atoms with Crippen molar-refractivity contribution in [1.29, 1.82) is 0 Å². The molecule has 1 heterocycles. The molecule has 0 radical (unpaired) electrons. The number of carbonyl (C=O) groups is 1. The molecular formula is C15H12ClFN2O. The molecule has 2 aromatic carbocycles. The third kappa shape index (κ3) is 2.28. The molecular weight excluding hydrogens is 279 g/mol. The van der Waals surface area contributed by atoms with E-state index in [1.165, 1.54) is 6.07 Å². The summed E-state index contributed by atoms with van der Waals surface area (Å²) in [6, 6.07) is 9.28. The van der Waals surface area contributed by atoms with Gasteiger partial charge in [0.15, 0.2) is 0 Å². The van der Waals surface area contributed by atoms with E-state index in [0.29, 0.717) is 17.0 Å².